The molecule has 1 heterocycles. The summed E-state index contributed by atoms with van der Waals surface area (Å²) < 4.78 is 1.58. The third kappa shape index (κ3) is 1.03. The normalized spacial score (nSPS) is 10.4. The maximum absolute atomic E-state index is 5.81. The molecular formula is C7H9ClN2. The molecule has 0 bridgehead atoms. The van der Waals surface area contributed by atoms with E-state index in [0.717, 1.165) is 12.1 Å². The Kier molecular flexibility index (Phi) is 2.00. The highest BCUT2D eigenvalue weighted by Crippen LogP contribution is 2.18. The zero-order valence-electron chi connectivity index (χ0n) is 6.06. The van der Waals surface area contributed by atoms with Gasteiger partial charge in [-0.3, -0.25) is 4.68 Å². The summed E-state index contributed by atoms with van der Waals surface area (Å²) in [5.41, 5.74) is 1.40. The molecule has 0 aromatic carbocycles. The van der Waals surface area contributed by atoms with Crippen molar-refractivity contribution in [2.75, 3.05) is 0 Å². The summed E-state index contributed by atoms with van der Waals surface area (Å²) in [6, 6.07) is 0. The van der Waals surface area contributed by atoms with E-state index in [-0.39, 0.29) is 0 Å². The van der Waals surface area contributed by atoms with E-state index in [1.807, 2.05) is 6.92 Å². The van der Waals surface area contributed by atoms with E-state index in [0.29, 0.717) is 10.7 Å². The quantitative estimate of drug-likeness (QED) is 0.605. The van der Waals surface area contributed by atoms with Crippen LogP contribution < -0.4 is 0 Å². The van der Waals surface area contributed by atoms with Gasteiger partial charge in [0.1, 0.15) is 0 Å². The van der Waals surface area contributed by atoms with Gasteiger partial charge in [-0.05, 0) is 6.42 Å². The highest BCUT2D eigenvalue weighted by molar-refractivity contribution is 6.32. The van der Waals surface area contributed by atoms with Crippen molar-refractivity contribution in [3.63, 3.8) is 0 Å². The summed E-state index contributed by atoms with van der Waals surface area (Å²) >= 11 is 5.81. The molecule has 1 aromatic heterocycles. The minimum Gasteiger partial charge on any atom is -0.270 e. The summed E-state index contributed by atoms with van der Waals surface area (Å²) in [6.45, 7) is 7.54. The van der Waals surface area contributed by atoms with Crippen molar-refractivity contribution in [2.45, 2.75) is 13.3 Å². The van der Waals surface area contributed by atoms with Crippen molar-refractivity contribution in [1.82, 2.24) is 9.78 Å². The van der Waals surface area contributed by atoms with Gasteiger partial charge in [0.05, 0.1) is 16.4 Å². The van der Waals surface area contributed by atoms with E-state index < -0.39 is 0 Å². The van der Waals surface area contributed by atoms with Crippen LogP contribution in [0.4, 0.5) is 0 Å². The molecule has 1 rings (SSSR count). The fourth-order valence-electron chi connectivity index (χ4n) is 0.795. The van der Waals surface area contributed by atoms with Gasteiger partial charge in [-0.2, -0.15) is 5.10 Å². The van der Waals surface area contributed by atoms with Gasteiger partial charge < -0.3 is 0 Å². The predicted molar refractivity (Wildman–Crippen MR) is 41.0 cm³/mol. The molecule has 0 saturated heterocycles. The van der Waals surface area contributed by atoms with Crippen LogP contribution in [0.2, 0.25) is 5.02 Å². The molecule has 54 valence electrons. The van der Waals surface area contributed by atoms with Gasteiger partial charge in [-0.15, -0.1) is 0 Å². The zero-order chi connectivity index (χ0) is 7.72. The van der Waals surface area contributed by atoms with Crippen LogP contribution in [0.5, 0.6) is 0 Å². The van der Waals surface area contributed by atoms with Crippen LogP contribution in [0.25, 0.3) is 0 Å². The lowest BCUT2D eigenvalue weighted by Crippen LogP contribution is -1.92. The van der Waals surface area contributed by atoms with E-state index in [4.69, 9.17) is 18.5 Å². The van der Waals surface area contributed by atoms with E-state index in [9.17, 15) is 0 Å². The average molecular weight is 157 g/mol. The SMILES string of the molecule is [CH]c1c(Cl)c(CC)nn1C. The van der Waals surface area contributed by atoms with Gasteiger partial charge in [0, 0.05) is 14.0 Å². The van der Waals surface area contributed by atoms with Crippen molar-refractivity contribution in [2.24, 2.45) is 7.05 Å². The Labute approximate surface area is 65.8 Å². The summed E-state index contributed by atoms with van der Waals surface area (Å²) in [6.07, 6.45) is 0.823. The Hall–Kier alpha value is -0.500. The second kappa shape index (κ2) is 2.62. The van der Waals surface area contributed by atoms with Crippen molar-refractivity contribution in [3.8, 4) is 0 Å². The van der Waals surface area contributed by atoms with Crippen LogP contribution in [-0.4, -0.2) is 9.78 Å². The first-order valence-electron chi connectivity index (χ1n) is 3.13. The average Bonchev–Trinajstić information content (AvgIpc) is 2.17. The second-order valence-electron chi connectivity index (χ2n) is 2.12. The van der Waals surface area contributed by atoms with Crippen LogP contribution >= 0.6 is 11.6 Å². The molecular weight excluding hydrogens is 148 g/mol. The standard InChI is InChI=1S/C7H9ClN2/c1-4-6-7(8)5(2)10(3)9-6/h2H,4H2,1,3H3. The van der Waals surface area contributed by atoms with Gasteiger partial charge in [0.2, 0.25) is 0 Å². The lowest BCUT2D eigenvalue weighted by Gasteiger charge is -1.88. The van der Waals surface area contributed by atoms with Crippen molar-refractivity contribution in [1.29, 1.82) is 0 Å². The lowest BCUT2D eigenvalue weighted by atomic mass is 10.3. The Morgan fingerprint density at radius 2 is 2.30 bits per heavy atom. The maximum Gasteiger partial charge on any atom is 0.0853 e. The lowest BCUT2D eigenvalue weighted by molar-refractivity contribution is 0.734. The molecule has 0 N–H and O–H groups in total. The van der Waals surface area contributed by atoms with Gasteiger partial charge in [-0.25, -0.2) is 0 Å². The molecule has 0 unspecified atom stereocenters. The molecule has 0 fully saturated rings. The third-order valence-electron chi connectivity index (χ3n) is 1.43. The minimum absolute atomic E-state index is 0.540. The summed E-state index contributed by atoms with van der Waals surface area (Å²) in [4.78, 5) is 0. The van der Waals surface area contributed by atoms with E-state index in [2.05, 4.69) is 5.10 Å². The highest BCUT2D eigenvalue weighted by atomic mass is 35.5. The number of aromatic nitrogens is 2. The first-order chi connectivity index (χ1) is 4.66. The fourth-order valence-corrected chi connectivity index (χ4v) is 1.09. The first kappa shape index (κ1) is 7.61. The van der Waals surface area contributed by atoms with Crippen LogP contribution in [0, 0.1) is 6.92 Å². The Balaban J connectivity index is 3.17. The summed E-state index contributed by atoms with van der Waals surface area (Å²) in [5.74, 6) is 0. The molecule has 0 saturated carbocycles. The number of rotatable bonds is 1. The molecule has 1 aromatic rings. The minimum atomic E-state index is 0.540. The fraction of sp³-hybridized carbons (Fsp3) is 0.429. The van der Waals surface area contributed by atoms with E-state index >= 15 is 0 Å². The van der Waals surface area contributed by atoms with Crippen molar-refractivity contribution < 1.29 is 0 Å². The molecule has 2 radical (unpaired) electrons. The van der Waals surface area contributed by atoms with Gasteiger partial charge >= 0.3 is 0 Å². The monoisotopic (exact) mass is 156 g/mol. The molecule has 0 amide bonds. The molecule has 0 aliphatic rings. The largest absolute Gasteiger partial charge is 0.270 e. The highest BCUT2D eigenvalue weighted by Gasteiger charge is 2.07. The van der Waals surface area contributed by atoms with Crippen LogP contribution in [0.15, 0.2) is 0 Å². The third-order valence-corrected chi connectivity index (χ3v) is 1.84. The maximum atomic E-state index is 5.81. The smallest absolute Gasteiger partial charge is 0.0853 e. The summed E-state index contributed by atoms with van der Waals surface area (Å²) in [5, 5.41) is 4.68. The Morgan fingerprint density at radius 3 is 2.50 bits per heavy atom. The predicted octanol–water partition coefficient (Wildman–Crippen LogP) is 1.70. The Morgan fingerprint density at radius 1 is 1.70 bits per heavy atom. The molecule has 0 aliphatic heterocycles. The first-order valence-corrected chi connectivity index (χ1v) is 3.51. The zero-order valence-corrected chi connectivity index (χ0v) is 6.81. The number of aryl methyl sites for hydroxylation is 2. The number of nitrogens with zero attached hydrogens (tertiary/aromatic N) is 2. The number of halogens is 1. The van der Waals surface area contributed by atoms with Crippen LogP contribution in [0.3, 0.4) is 0 Å². The molecule has 0 atom stereocenters. The van der Waals surface area contributed by atoms with Crippen LogP contribution in [-0.2, 0) is 13.5 Å². The van der Waals surface area contributed by atoms with Gasteiger partial charge in [-0.1, -0.05) is 18.5 Å². The van der Waals surface area contributed by atoms with Crippen LogP contribution in [0.1, 0.15) is 18.3 Å². The van der Waals surface area contributed by atoms with Gasteiger partial charge in [0.25, 0.3) is 0 Å². The molecule has 10 heavy (non-hydrogen) atoms. The van der Waals surface area contributed by atoms with E-state index in [1.54, 1.807) is 11.7 Å². The van der Waals surface area contributed by atoms with Crippen molar-refractivity contribution in [3.05, 3.63) is 23.3 Å². The summed E-state index contributed by atoms with van der Waals surface area (Å²) in [7, 11) is 1.78. The molecule has 3 heteroatoms. The topological polar surface area (TPSA) is 17.8 Å². The second-order valence-corrected chi connectivity index (χ2v) is 2.50. The molecule has 0 aliphatic carbocycles. The van der Waals surface area contributed by atoms with E-state index in [1.165, 1.54) is 0 Å². The number of hydrogen-bond donors (Lipinski definition) is 0. The Bertz CT molecular complexity index is 240. The molecule has 2 nitrogen and oxygen atoms in total. The molecule has 0 spiro atoms. The van der Waals surface area contributed by atoms with Crippen molar-refractivity contribution >= 4 is 11.6 Å². The van der Waals surface area contributed by atoms with Gasteiger partial charge in [0.15, 0.2) is 0 Å². The number of hydrogen-bond acceptors (Lipinski definition) is 1.